The molecule has 0 bridgehead atoms. The minimum absolute atomic E-state index is 1.25. The van der Waals surface area contributed by atoms with Crippen molar-refractivity contribution >= 4 is 27.9 Å². The molecule has 0 saturated carbocycles. The van der Waals surface area contributed by atoms with Crippen LogP contribution >= 0.6 is 0 Å². The Labute approximate surface area is 127 Å². The Morgan fingerprint density at radius 3 is 2.43 bits per heavy atom. The highest BCUT2D eigenvalue weighted by Crippen LogP contribution is 2.30. The normalized spacial score (nSPS) is 10.9. The Bertz CT molecular complexity index is 803. The fourth-order valence-electron chi connectivity index (χ4n) is 2.68. The molecular weight excluding hydrogens is 254 g/mol. The molecule has 0 amide bonds. The maximum atomic E-state index is 3.73. The molecule has 1 heterocycles. The molecule has 1 nitrogen and oxygen atoms in total. The summed E-state index contributed by atoms with van der Waals surface area (Å²) in [5.41, 5.74) is 5.09. The number of nitrogens with zero attached hydrogens (tertiary/aromatic N) is 1. The van der Waals surface area contributed by atoms with Crippen LogP contribution in [0.3, 0.4) is 0 Å². The Balaban J connectivity index is 0.000000774. The molecule has 0 spiro atoms. The van der Waals surface area contributed by atoms with Crippen LogP contribution in [-0.4, -0.2) is 4.57 Å². The lowest BCUT2D eigenvalue weighted by molar-refractivity contribution is 1.01. The first kappa shape index (κ1) is 15.1. The first-order valence-electron chi connectivity index (χ1n) is 7.49. The van der Waals surface area contributed by atoms with Crippen molar-refractivity contribution in [2.24, 2.45) is 7.05 Å². The van der Waals surface area contributed by atoms with Crippen molar-refractivity contribution in [3.05, 3.63) is 66.3 Å². The van der Waals surface area contributed by atoms with Crippen LogP contribution in [0.1, 0.15) is 25.0 Å². The van der Waals surface area contributed by atoms with Crippen molar-refractivity contribution in [2.45, 2.75) is 20.8 Å². The maximum Gasteiger partial charge on any atom is 0.0494 e. The molecule has 0 saturated heterocycles. The predicted octanol–water partition coefficient (Wildman–Crippen LogP) is 5.87. The lowest BCUT2D eigenvalue weighted by Gasteiger charge is -2.03. The second kappa shape index (κ2) is 6.45. The highest BCUT2D eigenvalue weighted by Gasteiger charge is 2.09. The van der Waals surface area contributed by atoms with Gasteiger partial charge in [-0.3, -0.25) is 0 Å². The molecule has 0 radical (unpaired) electrons. The third-order valence-corrected chi connectivity index (χ3v) is 3.71. The standard InChI is InChI=1S/C18H17N.C2H6/c1-4-5-8-14-12-18-16(11-13(14)2)15-9-6-7-10-17(15)19(18)3;1-2/h4-12H,1H2,2-3H3;1-2H3/b8-5-;. The number of hydrogen-bond donors (Lipinski definition) is 0. The van der Waals surface area contributed by atoms with Crippen LogP contribution in [0.15, 0.2) is 55.1 Å². The molecule has 0 unspecified atom stereocenters. The molecule has 3 aromatic rings. The molecule has 1 heteroatoms. The number of benzene rings is 2. The molecule has 0 fully saturated rings. The molecule has 2 aromatic carbocycles. The van der Waals surface area contributed by atoms with Gasteiger partial charge in [-0.15, -0.1) is 0 Å². The number of para-hydroxylation sites is 1. The molecule has 0 atom stereocenters. The summed E-state index contributed by atoms with van der Waals surface area (Å²) in [7, 11) is 2.13. The van der Waals surface area contributed by atoms with Gasteiger partial charge in [0.15, 0.2) is 0 Å². The Kier molecular flexibility index (Phi) is 4.64. The summed E-state index contributed by atoms with van der Waals surface area (Å²) in [5, 5.41) is 2.65. The molecule has 0 N–H and O–H groups in total. The molecule has 0 aliphatic carbocycles. The monoisotopic (exact) mass is 277 g/mol. The molecule has 108 valence electrons. The van der Waals surface area contributed by atoms with Gasteiger partial charge in [0.05, 0.1) is 0 Å². The van der Waals surface area contributed by atoms with Crippen molar-refractivity contribution in [3.8, 4) is 0 Å². The van der Waals surface area contributed by atoms with Crippen LogP contribution in [-0.2, 0) is 7.05 Å². The van der Waals surface area contributed by atoms with Crippen LogP contribution in [0.4, 0.5) is 0 Å². The fraction of sp³-hybridized carbons (Fsp3) is 0.200. The molecule has 21 heavy (non-hydrogen) atoms. The summed E-state index contributed by atoms with van der Waals surface area (Å²) in [6.45, 7) is 9.88. The number of aryl methyl sites for hydroxylation is 2. The quantitative estimate of drug-likeness (QED) is 0.517. The van der Waals surface area contributed by atoms with Crippen molar-refractivity contribution in [1.82, 2.24) is 4.57 Å². The van der Waals surface area contributed by atoms with E-state index < -0.39 is 0 Å². The minimum Gasteiger partial charge on any atom is -0.344 e. The van der Waals surface area contributed by atoms with E-state index in [1.807, 2.05) is 26.0 Å². The molecular formula is C20H23N. The summed E-state index contributed by atoms with van der Waals surface area (Å²) >= 11 is 0. The van der Waals surface area contributed by atoms with E-state index in [0.717, 1.165) is 0 Å². The molecule has 0 aliphatic heterocycles. The summed E-state index contributed by atoms with van der Waals surface area (Å²) in [6.07, 6.45) is 5.90. The summed E-state index contributed by atoms with van der Waals surface area (Å²) in [4.78, 5) is 0. The van der Waals surface area contributed by atoms with Crippen LogP contribution in [0, 0.1) is 6.92 Å². The van der Waals surface area contributed by atoms with Gasteiger partial charge in [-0.2, -0.15) is 0 Å². The highest BCUT2D eigenvalue weighted by molar-refractivity contribution is 6.08. The van der Waals surface area contributed by atoms with Crippen LogP contribution in [0.25, 0.3) is 27.9 Å². The van der Waals surface area contributed by atoms with Crippen LogP contribution < -0.4 is 0 Å². The average Bonchev–Trinajstić information content (AvgIpc) is 2.80. The average molecular weight is 277 g/mol. The van der Waals surface area contributed by atoms with Crippen LogP contribution in [0.2, 0.25) is 0 Å². The van der Waals surface area contributed by atoms with Crippen LogP contribution in [0.5, 0.6) is 0 Å². The Morgan fingerprint density at radius 1 is 1.00 bits per heavy atom. The van der Waals surface area contributed by atoms with Gasteiger partial charge in [0.25, 0.3) is 0 Å². The molecule has 3 rings (SSSR count). The zero-order valence-corrected chi connectivity index (χ0v) is 13.4. The molecule has 1 aromatic heterocycles. The Morgan fingerprint density at radius 2 is 1.71 bits per heavy atom. The van der Waals surface area contributed by atoms with Gasteiger partial charge in [-0.05, 0) is 36.2 Å². The minimum atomic E-state index is 1.25. The number of hydrogen-bond acceptors (Lipinski definition) is 0. The predicted molar refractivity (Wildman–Crippen MR) is 95.7 cm³/mol. The summed E-state index contributed by atoms with van der Waals surface area (Å²) < 4.78 is 2.26. The van der Waals surface area contributed by atoms with Gasteiger partial charge in [0.2, 0.25) is 0 Å². The number of aromatic nitrogens is 1. The maximum absolute atomic E-state index is 3.73. The smallest absolute Gasteiger partial charge is 0.0494 e. The van der Waals surface area contributed by atoms with Gasteiger partial charge in [-0.1, -0.05) is 56.9 Å². The van der Waals surface area contributed by atoms with E-state index in [2.05, 4.69) is 67.6 Å². The van der Waals surface area contributed by atoms with Gasteiger partial charge in [0, 0.05) is 28.9 Å². The van der Waals surface area contributed by atoms with Crippen molar-refractivity contribution in [1.29, 1.82) is 0 Å². The van der Waals surface area contributed by atoms with E-state index in [-0.39, 0.29) is 0 Å². The van der Waals surface area contributed by atoms with E-state index >= 15 is 0 Å². The second-order valence-corrected chi connectivity index (χ2v) is 4.90. The van der Waals surface area contributed by atoms with E-state index in [1.165, 1.54) is 32.9 Å². The van der Waals surface area contributed by atoms with Gasteiger partial charge >= 0.3 is 0 Å². The van der Waals surface area contributed by atoms with Crippen molar-refractivity contribution in [3.63, 3.8) is 0 Å². The van der Waals surface area contributed by atoms with Gasteiger partial charge in [0.1, 0.15) is 0 Å². The summed E-state index contributed by atoms with van der Waals surface area (Å²) in [5.74, 6) is 0. The first-order valence-corrected chi connectivity index (χ1v) is 7.49. The lowest BCUT2D eigenvalue weighted by atomic mass is 10.0. The van der Waals surface area contributed by atoms with Gasteiger partial charge < -0.3 is 4.57 Å². The SMILES string of the molecule is C=C/C=C\c1cc2c(cc1C)c1ccccc1n2C.CC. The highest BCUT2D eigenvalue weighted by atomic mass is 14.9. The third kappa shape index (κ3) is 2.64. The number of rotatable bonds is 2. The van der Waals surface area contributed by atoms with E-state index in [0.29, 0.717) is 0 Å². The zero-order valence-electron chi connectivity index (χ0n) is 13.4. The molecule has 0 aliphatic rings. The fourth-order valence-corrected chi connectivity index (χ4v) is 2.68. The number of fused-ring (bicyclic) bond motifs is 3. The first-order chi connectivity index (χ1) is 10.2. The van der Waals surface area contributed by atoms with Crippen molar-refractivity contribution in [2.75, 3.05) is 0 Å². The Hall–Kier alpha value is -2.28. The van der Waals surface area contributed by atoms with E-state index in [4.69, 9.17) is 0 Å². The zero-order chi connectivity index (χ0) is 15.4. The lowest BCUT2D eigenvalue weighted by Crippen LogP contribution is -1.88. The second-order valence-electron chi connectivity index (χ2n) is 4.90. The van der Waals surface area contributed by atoms with Crippen molar-refractivity contribution < 1.29 is 0 Å². The number of allylic oxidation sites excluding steroid dienone is 2. The summed E-state index contributed by atoms with van der Waals surface area (Å²) in [6, 6.07) is 13.1. The van der Waals surface area contributed by atoms with E-state index in [9.17, 15) is 0 Å². The largest absolute Gasteiger partial charge is 0.344 e. The topological polar surface area (TPSA) is 4.93 Å². The third-order valence-electron chi connectivity index (χ3n) is 3.71. The van der Waals surface area contributed by atoms with Gasteiger partial charge in [-0.25, -0.2) is 0 Å². The van der Waals surface area contributed by atoms with E-state index in [1.54, 1.807) is 0 Å².